The standard InChI is InChI=1S/C20H30N4O3/c1-4-15(5-2)18(24-8-10-26-11-9-24)13-21-20(25)17-12-16(22-23-17)19-7-6-14(3)27-19/h6-7,12,15,18H,4-5,8-11,13H2,1-3H3,(H,21,25)(H,22,23). The number of carbonyl (C=O) groups is 1. The zero-order valence-electron chi connectivity index (χ0n) is 16.5. The highest BCUT2D eigenvalue weighted by Crippen LogP contribution is 2.21. The molecule has 0 aromatic carbocycles. The van der Waals surface area contributed by atoms with Crippen LogP contribution < -0.4 is 5.32 Å². The molecule has 1 fully saturated rings. The highest BCUT2D eigenvalue weighted by Gasteiger charge is 2.27. The molecule has 7 heteroatoms. The first kappa shape index (κ1) is 19.6. The lowest BCUT2D eigenvalue weighted by Crippen LogP contribution is -2.52. The van der Waals surface area contributed by atoms with Crippen molar-refractivity contribution in [1.82, 2.24) is 20.4 Å². The van der Waals surface area contributed by atoms with E-state index in [2.05, 4.69) is 34.3 Å². The van der Waals surface area contributed by atoms with Crippen LogP contribution in [0.2, 0.25) is 0 Å². The Kier molecular flexibility index (Phi) is 6.68. The second-order valence-corrected chi connectivity index (χ2v) is 7.08. The zero-order chi connectivity index (χ0) is 19.2. The maximum absolute atomic E-state index is 12.6. The molecule has 0 radical (unpaired) electrons. The SMILES string of the molecule is CCC(CC)C(CNC(=O)c1cc(-c2ccc(C)o2)[nH]n1)N1CCOCC1. The van der Waals surface area contributed by atoms with Crippen LogP contribution in [0.25, 0.3) is 11.5 Å². The lowest BCUT2D eigenvalue weighted by molar-refractivity contribution is 0.00190. The van der Waals surface area contributed by atoms with E-state index in [4.69, 9.17) is 9.15 Å². The van der Waals surface area contributed by atoms with E-state index in [0.717, 1.165) is 44.9 Å². The maximum atomic E-state index is 12.6. The molecular weight excluding hydrogens is 344 g/mol. The molecular formula is C20H30N4O3. The van der Waals surface area contributed by atoms with Crippen LogP contribution in [0, 0.1) is 12.8 Å². The van der Waals surface area contributed by atoms with Gasteiger partial charge in [0.15, 0.2) is 11.5 Å². The van der Waals surface area contributed by atoms with E-state index in [9.17, 15) is 4.79 Å². The first-order valence-corrected chi connectivity index (χ1v) is 9.84. The third kappa shape index (κ3) is 4.78. The van der Waals surface area contributed by atoms with Gasteiger partial charge in [-0.25, -0.2) is 0 Å². The Hall–Kier alpha value is -2.12. The van der Waals surface area contributed by atoms with E-state index < -0.39 is 0 Å². The van der Waals surface area contributed by atoms with Gasteiger partial charge in [0.2, 0.25) is 0 Å². The number of nitrogens with one attached hydrogen (secondary N) is 2. The van der Waals surface area contributed by atoms with Crippen molar-refractivity contribution in [3.05, 3.63) is 29.7 Å². The third-order valence-electron chi connectivity index (χ3n) is 5.40. The summed E-state index contributed by atoms with van der Waals surface area (Å²) >= 11 is 0. The maximum Gasteiger partial charge on any atom is 0.271 e. The van der Waals surface area contributed by atoms with E-state index in [1.165, 1.54) is 0 Å². The lowest BCUT2D eigenvalue weighted by atomic mass is 9.92. The van der Waals surface area contributed by atoms with Crippen LogP contribution in [0.4, 0.5) is 0 Å². The fraction of sp³-hybridized carbons (Fsp3) is 0.600. The first-order valence-electron chi connectivity index (χ1n) is 9.84. The van der Waals surface area contributed by atoms with Gasteiger partial charge < -0.3 is 14.5 Å². The topological polar surface area (TPSA) is 83.4 Å². The van der Waals surface area contributed by atoms with Gasteiger partial charge in [-0.3, -0.25) is 14.8 Å². The number of ether oxygens (including phenoxy) is 1. The normalized spacial score (nSPS) is 16.6. The van der Waals surface area contributed by atoms with E-state index in [1.54, 1.807) is 6.07 Å². The number of amides is 1. The Morgan fingerprint density at radius 3 is 2.67 bits per heavy atom. The van der Waals surface area contributed by atoms with Crippen molar-refractivity contribution in [3.63, 3.8) is 0 Å². The van der Waals surface area contributed by atoms with E-state index in [-0.39, 0.29) is 5.91 Å². The van der Waals surface area contributed by atoms with Gasteiger partial charge in [0.1, 0.15) is 11.5 Å². The summed E-state index contributed by atoms with van der Waals surface area (Å²) in [6, 6.07) is 5.80. The van der Waals surface area contributed by atoms with Crippen LogP contribution in [0.15, 0.2) is 22.6 Å². The van der Waals surface area contributed by atoms with Crippen molar-refractivity contribution in [2.24, 2.45) is 5.92 Å². The van der Waals surface area contributed by atoms with Crippen LogP contribution in [-0.4, -0.2) is 59.9 Å². The minimum atomic E-state index is -0.162. The Labute approximate surface area is 160 Å². The molecule has 0 saturated carbocycles. The summed E-state index contributed by atoms with van der Waals surface area (Å²) in [5, 5.41) is 10.1. The van der Waals surface area contributed by atoms with Gasteiger partial charge in [0, 0.05) is 31.7 Å². The molecule has 1 aliphatic heterocycles. The number of rotatable bonds is 8. The average Bonchev–Trinajstić information content (AvgIpc) is 3.34. The predicted molar refractivity (Wildman–Crippen MR) is 104 cm³/mol. The van der Waals surface area contributed by atoms with Gasteiger partial charge in [0.05, 0.1) is 13.2 Å². The van der Waals surface area contributed by atoms with Gasteiger partial charge in [-0.05, 0) is 25.0 Å². The van der Waals surface area contributed by atoms with E-state index in [1.807, 2.05) is 19.1 Å². The van der Waals surface area contributed by atoms with E-state index in [0.29, 0.717) is 35.7 Å². The molecule has 2 N–H and O–H groups in total. The Bertz CT molecular complexity index is 729. The molecule has 1 atom stereocenters. The number of hydrogen-bond donors (Lipinski definition) is 2. The largest absolute Gasteiger partial charge is 0.460 e. The number of aryl methyl sites for hydroxylation is 1. The number of nitrogens with zero attached hydrogens (tertiary/aromatic N) is 2. The van der Waals surface area contributed by atoms with Crippen LogP contribution in [-0.2, 0) is 4.74 Å². The molecule has 1 unspecified atom stereocenters. The monoisotopic (exact) mass is 374 g/mol. The summed E-state index contributed by atoms with van der Waals surface area (Å²) in [7, 11) is 0. The Balaban J connectivity index is 1.64. The third-order valence-corrected chi connectivity index (χ3v) is 5.40. The fourth-order valence-electron chi connectivity index (χ4n) is 3.77. The Morgan fingerprint density at radius 1 is 1.30 bits per heavy atom. The molecule has 2 aromatic rings. The van der Waals surface area contributed by atoms with Gasteiger partial charge in [-0.15, -0.1) is 0 Å². The summed E-state index contributed by atoms with van der Waals surface area (Å²) in [6.07, 6.45) is 2.19. The van der Waals surface area contributed by atoms with Crippen molar-refractivity contribution in [3.8, 4) is 11.5 Å². The van der Waals surface area contributed by atoms with Crippen molar-refractivity contribution < 1.29 is 13.9 Å². The minimum absolute atomic E-state index is 0.162. The summed E-state index contributed by atoms with van der Waals surface area (Å²) in [5.41, 5.74) is 1.09. The van der Waals surface area contributed by atoms with Crippen molar-refractivity contribution in [2.45, 2.75) is 39.7 Å². The summed E-state index contributed by atoms with van der Waals surface area (Å²) in [6.45, 7) is 10.3. The molecule has 27 heavy (non-hydrogen) atoms. The number of furan rings is 1. The average molecular weight is 374 g/mol. The summed E-state index contributed by atoms with van der Waals surface area (Å²) in [4.78, 5) is 15.1. The quantitative estimate of drug-likeness (QED) is 0.742. The lowest BCUT2D eigenvalue weighted by Gasteiger charge is -2.38. The zero-order valence-corrected chi connectivity index (χ0v) is 16.5. The Morgan fingerprint density at radius 2 is 2.04 bits per heavy atom. The molecule has 1 amide bonds. The van der Waals surface area contributed by atoms with Crippen LogP contribution in [0.3, 0.4) is 0 Å². The molecule has 0 spiro atoms. The number of aromatic amines is 1. The number of H-pyrrole nitrogens is 1. The minimum Gasteiger partial charge on any atom is -0.460 e. The predicted octanol–water partition coefficient (Wildman–Crippen LogP) is 2.84. The molecule has 1 aliphatic rings. The molecule has 148 valence electrons. The van der Waals surface area contributed by atoms with Gasteiger partial charge in [-0.2, -0.15) is 5.10 Å². The van der Waals surface area contributed by atoms with Gasteiger partial charge in [0.25, 0.3) is 5.91 Å². The van der Waals surface area contributed by atoms with E-state index >= 15 is 0 Å². The number of aromatic nitrogens is 2. The molecule has 0 bridgehead atoms. The van der Waals surface area contributed by atoms with Crippen LogP contribution in [0.1, 0.15) is 42.9 Å². The van der Waals surface area contributed by atoms with Crippen LogP contribution >= 0.6 is 0 Å². The number of carbonyl (C=O) groups excluding carboxylic acids is 1. The van der Waals surface area contributed by atoms with Gasteiger partial charge >= 0.3 is 0 Å². The molecule has 7 nitrogen and oxygen atoms in total. The van der Waals surface area contributed by atoms with Crippen molar-refractivity contribution in [2.75, 3.05) is 32.8 Å². The highest BCUT2D eigenvalue weighted by atomic mass is 16.5. The summed E-state index contributed by atoms with van der Waals surface area (Å²) < 4.78 is 11.1. The van der Waals surface area contributed by atoms with Crippen LogP contribution in [0.5, 0.6) is 0 Å². The fourth-order valence-corrected chi connectivity index (χ4v) is 3.77. The number of morpholine rings is 1. The molecule has 1 saturated heterocycles. The highest BCUT2D eigenvalue weighted by molar-refractivity contribution is 5.93. The van der Waals surface area contributed by atoms with Crippen molar-refractivity contribution in [1.29, 1.82) is 0 Å². The second kappa shape index (κ2) is 9.19. The summed E-state index contributed by atoms with van der Waals surface area (Å²) in [5.74, 6) is 1.89. The first-order chi connectivity index (χ1) is 13.1. The van der Waals surface area contributed by atoms with Crippen molar-refractivity contribution >= 4 is 5.91 Å². The molecule has 2 aromatic heterocycles. The second-order valence-electron chi connectivity index (χ2n) is 7.08. The smallest absolute Gasteiger partial charge is 0.271 e. The number of hydrogen-bond acceptors (Lipinski definition) is 5. The van der Waals surface area contributed by atoms with Gasteiger partial charge in [-0.1, -0.05) is 26.7 Å². The molecule has 0 aliphatic carbocycles. The molecule has 3 heterocycles. The molecule has 3 rings (SSSR count).